The lowest BCUT2D eigenvalue weighted by Gasteiger charge is -2.10. The number of benzene rings is 2. The van der Waals surface area contributed by atoms with Gasteiger partial charge in [0.15, 0.2) is 5.76 Å². The number of fused-ring (bicyclic) bond motifs is 1. The van der Waals surface area contributed by atoms with Crippen LogP contribution in [0.15, 0.2) is 59.0 Å². The van der Waals surface area contributed by atoms with Crippen LogP contribution >= 0.6 is 23.2 Å². The molecule has 0 radical (unpaired) electrons. The second-order valence-electron chi connectivity index (χ2n) is 6.37. The fourth-order valence-electron chi connectivity index (χ4n) is 3.11. The van der Waals surface area contributed by atoms with E-state index in [2.05, 4.69) is 4.98 Å². The molecule has 6 heteroatoms. The molecule has 4 rings (SSSR count). The smallest absolute Gasteiger partial charge is 0.153 e. The van der Waals surface area contributed by atoms with Crippen molar-refractivity contribution in [1.29, 1.82) is 0 Å². The predicted octanol–water partition coefficient (Wildman–Crippen LogP) is 5.39. The van der Waals surface area contributed by atoms with Crippen molar-refractivity contribution in [1.82, 2.24) is 4.98 Å². The van der Waals surface area contributed by atoms with Crippen molar-refractivity contribution >= 4 is 40.1 Å². The van der Waals surface area contributed by atoms with Crippen molar-refractivity contribution in [3.8, 4) is 22.8 Å². The summed E-state index contributed by atoms with van der Waals surface area (Å²) in [6, 6.07) is 15.7. The van der Waals surface area contributed by atoms with Gasteiger partial charge in [0, 0.05) is 26.6 Å². The molecule has 0 N–H and O–H groups in total. The van der Waals surface area contributed by atoms with E-state index in [9.17, 15) is 9.90 Å². The van der Waals surface area contributed by atoms with Crippen molar-refractivity contribution in [2.45, 2.75) is 13.3 Å². The molecule has 0 saturated carbocycles. The van der Waals surface area contributed by atoms with Crippen LogP contribution in [0.25, 0.3) is 33.7 Å². The maximum absolute atomic E-state index is 11.7. The second kappa shape index (κ2) is 7.30. The molecule has 0 amide bonds. The monoisotopic (exact) mass is 410 g/mol. The minimum atomic E-state index is -1.25. The number of carbonyl (C=O) groups excluding carboxylic acids is 1. The van der Waals surface area contributed by atoms with Gasteiger partial charge in [-0.3, -0.25) is 0 Å². The number of aromatic nitrogens is 1. The number of pyridine rings is 1. The molecule has 0 aliphatic carbocycles. The molecule has 0 unspecified atom stereocenters. The van der Waals surface area contributed by atoms with Gasteiger partial charge in [-0.15, -0.1) is 0 Å². The number of carboxylic acid groups (broad SMARTS) is 1. The third-order valence-corrected chi connectivity index (χ3v) is 4.94. The highest BCUT2D eigenvalue weighted by atomic mass is 35.5. The van der Waals surface area contributed by atoms with E-state index in [1.165, 1.54) is 6.07 Å². The molecule has 2 aromatic carbocycles. The Bertz CT molecular complexity index is 1190. The molecule has 28 heavy (non-hydrogen) atoms. The molecular formula is C22H14Cl2NO3-. The summed E-state index contributed by atoms with van der Waals surface area (Å²) < 4.78 is 5.90. The minimum absolute atomic E-state index is 0.0825. The van der Waals surface area contributed by atoms with Crippen molar-refractivity contribution in [2.75, 3.05) is 0 Å². The number of rotatable bonds is 4. The summed E-state index contributed by atoms with van der Waals surface area (Å²) in [5.74, 6) is -0.261. The van der Waals surface area contributed by atoms with Gasteiger partial charge >= 0.3 is 0 Å². The van der Waals surface area contributed by atoms with Gasteiger partial charge in [-0.05, 0) is 60.5 Å². The van der Waals surface area contributed by atoms with E-state index >= 15 is 0 Å². The molecule has 2 heterocycles. The molecule has 0 fully saturated rings. The number of halogens is 2. The molecule has 0 aliphatic rings. The summed E-state index contributed by atoms with van der Waals surface area (Å²) in [5, 5.41) is 13.2. The Kier molecular flexibility index (Phi) is 4.84. The zero-order chi connectivity index (χ0) is 19.8. The van der Waals surface area contributed by atoms with Gasteiger partial charge in [0.25, 0.3) is 0 Å². The summed E-state index contributed by atoms with van der Waals surface area (Å²) in [6.45, 7) is 2.01. The maximum Gasteiger partial charge on any atom is 0.153 e. The van der Waals surface area contributed by atoms with Crippen LogP contribution < -0.4 is 5.11 Å². The number of carbonyl (C=O) groups is 1. The number of nitrogens with zero attached hydrogens (tertiary/aromatic N) is 1. The highest BCUT2D eigenvalue weighted by molar-refractivity contribution is 6.35. The van der Waals surface area contributed by atoms with Gasteiger partial charge in [0.05, 0.1) is 11.5 Å². The molecule has 4 aromatic rings. The Hall–Kier alpha value is -2.82. The zero-order valence-electron chi connectivity index (χ0n) is 14.8. The van der Waals surface area contributed by atoms with Crippen LogP contribution in [0.2, 0.25) is 10.0 Å². The van der Waals surface area contributed by atoms with Gasteiger partial charge in [-0.25, -0.2) is 4.98 Å². The minimum Gasteiger partial charge on any atom is -0.545 e. The van der Waals surface area contributed by atoms with E-state index in [1.54, 1.807) is 30.3 Å². The van der Waals surface area contributed by atoms with E-state index in [0.717, 1.165) is 17.5 Å². The van der Waals surface area contributed by atoms with Crippen molar-refractivity contribution in [3.63, 3.8) is 0 Å². The predicted molar refractivity (Wildman–Crippen MR) is 109 cm³/mol. The number of furan rings is 1. The van der Waals surface area contributed by atoms with Gasteiger partial charge < -0.3 is 14.3 Å². The van der Waals surface area contributed by atoms with Crippen LogP contribution in [0.3, 0.4) is 0 Å². The summed E-state index contributed by atoms with van der Waals surface area (Å²) >= 11 is 12.1. The fourth-order valence-corrected chi connectivity index (χ4v) is 3.64. The molecule has 0 bridgehead atoms. The van der Waals surface area contributed by atoms with Crippen molar-refractivity contribution < 1.29 is 14.3 Å². The van der Waals surface area contributed by atoms with E-state index in [1.807, 2.05) is 25.1 Å². The van der Waals surface area contributed by atoms with Crippen LogP contribution in [0, 0.1) is 0 Å². The van der Waals surface area contributed by atoms with E-state index in [-0.39, 0.29) is 5.56 Å². The summed E-state index contributed by atoms with van der Waals surface area (Å²) in [4.78, 5) is 16.3. The normalized spacial score (nSPS) is 11.1. The quantitative estimate of drug-likeness (QED) is 0.451. The molecule has 0 saturated heterocycles. The first kappa shape index (κ1) is 18.5. The Morgan fingerprint density at radius 1 is 1.00 bits per heavy atom. The summed E-state index contributed by atoms with van der Waals surface area (Å²) in [5.41, 5.74) is 2.81. The first-order valence-electron chi connectivity index (χ1n) is 8.66. The topological polar surface area (TPSA) is 66.2 Å². The van der Waals surface area contributed by atoms with Crippen molar-refractivity contribution in [3.05, 3.63) is 75.8 Å². The van der Waals surface area contributed by atoms with Crippen LogP contribution in [-0.2, 0) is 6.42 Å². The second-order valence-corrected chi connectivity index (χ2v) is 7.24. The van der Waals surface area contributed by atoms with Crippen LogP contribution in [0.1, 0.15) is 22.8 Å². The number of hydrogen-bond acceptors (Lipinski definition) is 4. The first-order chi connectivity index (χ1) is 13.4. The Morgan fingerprint density at radius 2 is 1.71 bits per heavy atom. The maximum atomic E-state index is 11.7. The first-order valence-corrected chi connectivity index (χ1v) is 9.42. The lowest BCUT2D eigenvalue weighted by Crippen LogP contribution is -2.22. The van der Waals surface area contributed by atoms with Crippen molar-refractivity contribution in [2.24, 2.45) is 0 Å². The number of hydrogen-bond donors (Lipinski definition) is 0. The van der Waals surface area contributed by atoms with Crippen LogP contribution in [-0.4, -0.2) is 11.0 Å². The third-order valence-electron chi connectivity index (χ3n) is 4.51. The molecule has 4 nitrogen and oxygen atoms in total. The SMILES string of the molecule is CCc1ccc2nc(-c3ccc(-c4cc(Cl)cc(Cl)c4)o3)cc(C(=O)[O-])c2c1. The summed E-state index contributed by atoms with van der Waals surface area (Å²) in [6.07, 6.45) is 0.800. The van der Waals surface area contributed by atoms with Gasteiger partial charge in [-0.2, -0.15) is 0 Å². The highest BCUT2D eigenvalue weighted by Crippen LogP contribution is 2.32. The molecular weight excluding hydrogens is 397 g/mol. The Balaban J connectivity index is 1.83. The van der Waals surface area contributed by atoms with Crippen LogP contribution in [0.4, 0.5) is 0 Å². The molecule has 0 spiro atoms. The Labute approximate surface area is 171 Å². The van der Waals surface area contributed by atoms with Gasteiger partial charge in [0.1, 0.15) is 11.5 Å². The highest BCUT2D eigenvalue weighted by Gasteiger charge is 2.13. The summed E-state index contributed by atoms with van der Waals surface area (Å²) in [7, 11) is 0. The van der Waals surface area contributed by atoms with Gasteiger partial charge in [-0.1, -0.05) is 36.2 Å². The van der Waals surface area contributed by atoms with Crippen LogP contribution in [0.5, 0.6) is 0 Å². The number of carboxylic acids is 1. The molecule has 0 aliphatic heterocycles. The average Bonchev–Trinajstić information content (AvgIpc) is 3.16. The van der Waals surface area contributed by atoms with Gasteiger partial charge in [0.2, 0.25) is 0 Å². The lowest BCUT2D eigenvalue weighted by molar-refractivity contribution is -0.254. The zero-order valence-corrected chi connectivity index (χ0v) is 16.3. The molecule has 140 valence electrons. The fraction of sp³-hybridized carbons (Fsp3) is 0.0909. The lowest BCUT2D eigenvalue weighted by atomic mass is 10.0. The third kappa shape index (κ3) is 3.49. The number of aryl methyl sites for hydroxylation is 1. The van der Waals surface area contributed by atoms with E-state index in [0.29, 0.717) is 38.2 Å². The Morgan fingerprint density at radius 3 is 2.39 bits per heavy atom. The van der Waals surface area contributed by atoms with E-state index < -0.39 is 5.97 Å². The molecule has 0 atom stereocenters. The molecule has 2 aromatic heterocycles. The largest absolute Gasteiger partial charge is 0.545 e. The van der Waals surface area contributed by atoms with E-state index in [4.69, 9.17) is 27.6 Å². The standard InChI is InChI=1S/C22H15Cl2NO3/c1-2-12-3-4-18-16(7-12)17(22(26)27)11-19(25-18)21-6-5-20(28-21)13-8-14(23)10-15(24)9-13/h3-11H,2H2,1H3,(H,26,27)/p-1. The number of aromatic carboxylic acids is 1. The average molecular weight is 411 g/mol.